The lowest BCUT2D eigenvalue weighted by Crippen LogP contribution is -2.65. The number of aromatic nitrogens is 3. The minimum absolute atomic E-state index is 0.0816. The molecule has 4 heterocycles. The highest BCUT2D eigenvalue weighted by Gasteiger charge is 2.54. The summed E-state index contributed by atoms with van der Waals surface area (Å²) >= 11 is 1.63. The van der Waals surface area contributed by atoms with Gasteiger partial charge in [0.2, 0.25) is 5.13 Å². The molecule has 0 aromatic carbocycles. The summed E-state index contributed by atoms with van der Waals surface area (Å²) in [6.45, 7) is 5.22. The van der Waals surface area contributed by atoms with Crippen LogP contribution in [0.1, 0.15) is 11.4 Å². The van der Waals surface area contributed by atoms with E-state index < -0.39 is 0 Å². The summed E-state index contributed by atoms with van der Waals surface area (Å²) in [5.41, 5.74) is -0.0816. The second-order valence-corrected chi connectivity index (χ2v) is 7.02. The van der Waals surface area contributed by atoms with Gasteiger partial charge in [0.15, 0.2) is 0 Å². The number of hydrogen-bond donors (Lipinski definition) is 0. The zero-order valence-corrected chi connectivity index (χ0v) is 13.3. The molecule has 2 aromatic heterocycles. The topological polar surface area (TPSA) is 60.4 Å². The molecule has 6 nitrogen and oxygen atoms in total. The maximum atomic E-state index is 6.06. The van der Waals surface area contributed by atoms with E-state index in [1.54, 1.807) is 23.7 Å². The standard InChI is InChI=1S/C15H18N4O2S/c1-11-17-18-14(22-11)19-9-15(10-19)12(4-6-21-15)8-20-13-3-2-5-16-7-13/h2-3,5,7,12H,4,6,8-10H2,1H3/t12-/m0/s1. The SMILES string of the molecule is Cc1nnc(N2CC3(C2)OCC[C@H]3COc2cccnc2)s1. The molecule has 2 saturated heterocycles. The number of hydrogen-bond acceptors (Lipinski definition) is 7. The van der Waals surface area contributed by atoms with Gasteiger partial charge in [0.25, 0.3) is 0 Å². The van der Waals surface area contributed by atoms with Gasteiger partial charge >= 0.3 is 0 Å². The molecule has 0 amide bonds. The van der Waals surface area contributed by atoms with Gasteiger partial charge in [-0.1, -0.05) is 11.3 Å². The van der Waals surface area contributed by atoms with Crippen molar-refractivity contribution in [2.24, 2.45) is 5.92 Å². The zero-order chi connectivity index (χ0) is 15.0. The summed E-state index contributed by atoms with van der Waals surface area (Å²) < 4.78 is 11.9. The fourth-order valence-electron chi connectivity index (χ4n) is 3.15. The van der Waals surface area contributed by atoms with Crippen LogP contribution >= 0.6 is 11.3 Å². The van der Waals surface area contributed by atoms with E-state index >= 15 is 0 Å². The number of ether oxygens (including phenoxy) is 2. The molecule has 7 heteroatoms. The van der Waals surface area contributed by atoms with Gasteiger partial charge in [-0.25, -0.2) is 0 Å². The van der Waals surface area contributed by atoms with Crippen molar-refractivity contribution in [2.75, 3.05) is 31.2 Å². The van der Waals surface area contributed by atoms with Gasteiger partial charge in [-0.05, 0) is 25.5 Å². The van der Waals surface area contributed by atoms with Crippen LogP contribution in [0.5, 0.6) is 5.75 Å². The summed E-state index contributed by atoms with van der Waals surface area (Å²) in [4.78, 5) is 6.32. The number of anilines is 1. The smallest absolute Gasteiger partial charge is 0.208 e. The van der Waals surface area contributed by atoms with Crippen molar-refractivity contribution in [1.29, 1.82) is 0 Å². The molecule has 1 spiro atoms. The molecular formula is C15H18N4O2S. The Kier molecular flexibility index (Phi) is 3.46. The molecule has 116 valence electrons. The van der Waals surface area contributed by atoms with E-state index in [2.05, 4.69) is 20.1 Å². The average Bonchev–Trinajstić information content (AvgIpc) is 3.10. The molecule has 0 radical (unpaired) electrons. The van der Waals surface area contributed by atoms with Crippen molar-refractivity contribution in [2.45, 2.75) is 18.9 Å². The van der Waals surface area contributed by atoms with Gasteiger partial charge in [-0.3, -0.25) is 4.98 Å². The van der Waals surface area contributed by atoms with Crippen molar-refractivity contribution in [3.8, 4) is 5.75 Å². The first-order valence-electron chi connectivity index (χ1n) is 7.47. The minimum Gasteiger partial charge on any atom is -0.492 e. The summed E-state index contributed by atoms with van der Waals surface area (Å²) in [5.74, 6) is 1.23. The number of rotatable bonds is 4. The third-order valence-corrected chi connectivity index (χ3v) is 5.29. The van der Waals surface area contributed by atoms with Crippen LogP contribution in [0.4, 0.5) is 5.13 Å². The molecule has 0 saturated carbocycles. The van der Waals surface area contributed by atoms with Gasteiger partial charge in [-0.2, -0.15) is 0 Å². The molecule has 0 bridgehead atoms. The monoisotopic (exact) mass is 318 g/mol. The summed E-state index contributed by atoms with van der Waals surface area (Å²) in [5, 5.41) is 10.3. The summed E-state index contributed by atoms with van der Waals surface area (Å²) in [6.07, 6.45) is 4.55. The lowest BCUT2D eigenvalue weighted by Gasteiger charge is -2.49. The molecular weight excluding hydrogens is 300 g/mol. The van der Waals surface area contributed by atoms with Crippen molar-refractivity contribution >= 4 is 16.5 Å². The maximum absolute atomic E-state index is 6.06. The van der Waals surface area contributed by atoms with Gasteiger partial charge in [-0.15, -0.1) is 10.2 Å². The molecule has 2 aliphatic heterocycles. The van der Waals surface area contributed by atoms with Crippen molar-refractivity contribution in [1.82, 2.24) is 15.2 Å². The Labute approximate surface area is 133 Å². The Bertz CT molecular complexity index is 642. The largest absolute Gasteiger partial charge is 0.492 e. The molecule has 22 heavy (non-hydrogen) atoms. The van der Waals surface area contributed by atoms with Crippen molar-refractivity contribution in [3.63, 3.8) is 0 Å². The van der Waals surface area contributed by atoms with E-state index in [1.165, 1.54) is 0 Å². The van der Waals surface area contributed by atoms with E-state index in [-0.39, 0.29) is 5.60 Å². The first kappa shape index (κ1) is 13.9. The van der Waals surface area contributed by atoms with Crippen LogP contribution in [0, 0.1) is 12.8 Å². The third-order valence-electron chi connectivity index (χ3n) is 4.39. The van der Waals surface area contributed by atoms with E-state index in [1.807, 2.05) is 19.1 Å². The summed E-state index contributed by atoms with van der Waals surface area (Å²) in [6, 6.07) is 3.83. The Morgan fingerprint density at radius 3 is 3.09 bits per heavy atom. The second kappa shape index (κ2) is 5.48. The fourth-order valence-corrected chi connectivity index (χ4v) is 3.83. The van der Waals surface area contributed by atoms with Gasteiger partial charge in [0.1, 0.15) is 16.4 Å². The zero-order valence-electron chi connectivity index (χ0n) is 12.4. The van der Waals surface area contributed by atoms with E-state index in [0.717, 1.165) is 42.0 Å². The van der Waals surface area contributed by atoms with Crippen molar-refractivity contribution in [3.05, 3.63) is 29.5 Å². The third kappa shape index (κ3) is 2.44. The second-order valence-electron chi connectivity index (χ2n) is 5.86. The van der Waals surface area contributed by atoms with E-state index in [9.17, 15) is 0 Å². The van der Waals surface area contributed by atoms with Crippen LogP contribution in [0.15, 0.2) is 24.5 Å². The predicted molar refractivity (Wildman–Crippen MR) is 83.4 cm³/mol. The number of aryl methyl sites for hydroxylation is 1. The quantitative estimate of drug-likeness (QED) is 0.858. The van der Waals surface area contributed by atoms with Gasteiger partial charge in [0, 0.05) is 18.7 Å². The minimum atomic E-state index is -0.0816. The Morgan fingerprint density at radius 1 is 1.45 bits per heavy atom. The Balaban J connectivity index is 1.38. The predicted octanol–water partition coefficient (Wildman–Crippen LogP) is 1.92. The maximum Gasteiger partial charge on any atom is 0.208 e. The first-order valence-corrected chi connectivity index (χ1v) is 8.29. The molecule has 0 N–H and O–H groups in total. The summed E-state index contributed by atoms with van der Waals surface area (Å²) in [7, 11) is 0. The molecule has 2 aliphatic rings. The highest BCUT2D eigenvalue weighted by molar-refractivity contribution is 7.15. The van der Waals surface area contributed by atoms with Crippen LogP contribution < -0.4 is 9.64 Å². The first-order chi connectivity index (χ1) is 10.8. The van der Waals surface area contributed by atoms with E-state index in [4.69, 9.17) is 9.47 Å². The van der Waals surface area contributed by atoms with Crippen LogP contribution in [-0.4, -0.2) is 47.1 Å². The van der Waals surface area contributed by atoms with Crippen LogP contribution in [-0.2, 0) is 4.74 Å². The molecule has 2 fully saturated rings. The Hall–Kier alpha value is -1.73. The van der Waals surface area contributed by atoms with Crippen molar-refractivity contribution < 1.29 is 9.47 Å². The highest BCUT2D eigenvalue weighted by atomic mass is 32.1. The average molecular weight is 318 g/mol. The van der Waals surface area contributed by atoms with E-state index in [0.29, 0.717) is 12.5 Å². The Morgan fingerprint density at radius 2 is 2.36 bits per heavy atom. The number of nitrogens with zero attached hydrogens (tertiary/aromatic N) is 4. The molecule has 4 rings (SSSR count). The number of pyridine rings is 1. The molecule has 1 atom stereocenters. The highest BCUT2D eigenvalue weighted by Crippen LogP contribution is 2.42. The van der Waals surface area contributed by atoms with Crippen LogP contribution in [0.3, 0.4) is 0 Å². The van der Waals surface area contributed by atoms with Gasteiger partial charge < -0.3 is 14.4 Å². The van der Waals surface area contributed by atoms with Gasteiger partial charge in [0.05, 0.1) is 25.9 Å². The molecule has 2 aromatic rings. The molecule has 0 aliphatic carbocycles. The fraction of sp³-hybridized carbons (Fsp3) is 0.533. The lowest BCUT2D eigenvalue weighted by molar-refractivity contribution is -0.0523. The lowest BCUT2D eigenvalue weighted by atomic mass is 9.81. The normalized spacial score (nSPS) is 22.8. The molecule has 0 unspecified atom stereocenters. The van der Waals surface area contributed by atoms with Crippen LogP contribution in [0.2, 0.25) is 0 Å². The van der Waals surface area contributed by atoms with Crippen LogP contribution in [0.25, 0.3) is 0 Å².